The molecule has 0 bridgehead atoms. The quantitative estimate of drug-likeness (QED) is 0.622. The molecule has 0 N–H and O–H groups in total. The Bertz CT molecular complexity index is 638. The molecular formula is C16H21N3O4. The van der Waals surface area contributed by atoms with Crippen LogP contribution in [0, 0.1) is 10.1 Å². The van der Waals surface area contributed by atoms with E-state index in [2.05, 4.69) is 4.90 Å². The van der Waals surface area contributed by atoms with Crippen molar-refractivity contribution in [1.29, 1.82) is 0 Å². The molecule has 7 heteroatoms. The van der Waals surface area contributed by atoms with Gasteiger partial charge >= 0.3 is 0 Å². The molecule has 1 saturated heterocycles. The van der Waals surface area contributed by atoms with Crippen LogP contribution in [0.2, 0.25) is 0 Å². The highest BCUT2D eigenvalue weighted by molar-refractivity contribution is 6.07. The van der Waals surface area contributed by atoms with Crippen LogP contribution in [-0.4, -0.2) is 55.1 Å². The Morgan fingerprint density at radius 1 is 1.26 bits per heavy atom. The summed E-state index contributed by atoms with van der Waals surface area (Å²) in [6.07, 6.45) is 0. The monoisotopic (exact) mass is 319 g/mol. The molecule has 1 fully saturated rings. The van der Waals surface area contributed by atoms with Gasteiger partial charge in [0, 0.05) is 44.0 Å². The number of hydrogen-bond acceptors (Lipinski definition) is 5. The molecule has 2 heterocycles. The van der Waals surface area contributed by atoms with Gasteiger partial charge in [-0.05, 0) is 25.5 Å². The molecule has 23 heavy (non-hydrogen) atoms. The third-order valence-electron chi connectivity index (χ3n) is 4.68. The minimum atomic E-state index is -0.730. The summed E-state index contributed by atoms with van der Waals surface area (Å²) in [5, 5.41) is 11.0. The SMILES string of the molecule is CC1(C)C(=O)N(CCN2CCOCC2)c2ccc([N+](=O)[O-])cc21. The molecule has 3 rings (SSSR count). The van der Waals surface area contributed by atoms with E-state index in [1.807, 2.05) is 13.8 Å². The molecule has 0 aliphatic carbocycles. The summed E-state index contributed by atoms with van der Waals surface area (Å²) in [5.74, 6) is 0.00116. The number of carbonyl (C=O) groups is 1. The Morgan fingerprint density at radius 2 is 1.96 bits per heavy atom. The van der Waals surface area contributed by atoms with Gasteiger partial charge in [0.2, 0.25) is 5.91 Å². The highest BCUT2D eigenvalue weighted by Crippen LogP contribution is 2.42. The fraction of sp³-hybridized carbons (Fsp3) is 0.562. The van der Waals surface area contributed by atoms with Crippen molar-refractivity contribution in [1.82, 2.24) is 4.90 Å². The van der Waals surface area contributed by atoms with Crippen LogP contribution in [0.15, 0.2) is 18.2 Å². The van der Waals surface area contributed by atoms with Crippen LogP contribution in [0.25, 0.3) is 0 Å². The van der Waals surface area contributed by atoms with E-state index in [1.165, 1.54) is 12.1 Å². The number of ether oxygens (including phenoxy) is 1. The summed E-state index contributed by atoms with van der Waals surface area (Å²) in [7, 11) is 0. The van der Waals surface area contributed by atoms with Gasteiger partial charge in [-0.2, -0.15) is 0 Å². The maximum absolute atomic E-state index is 12.8. The van der Waals surface area contributed by atoms with Crippen molar-refractivity contribution in [2.75, 3.05) is 44.3 Å². The Labute approximate surface area is 135 Å². The summed E-state index contributed by atoms with van der Waals surface area (Å²) >= 11 is 0. The molecule has 0 atom stereocenters. The number of non-ortho nitro benzene ring substituents is 1. The van der Waals surface area contributed by atoms with Gasteiger partial charge < -0.3 is 9.64 Å². The van der Waals surface area contributed by atoms with E-state index in [9.17, 15) is 14.9 Å². The van der Waals surface area contributed by atoms with Crippen molar-refractivity contribution >= 4 is 17.3 Å². The Kier molecular flexibility index (Phi) is 4.08. The van der Waals surface area contributed by atoms with Gasteiger partial charge in [-0.1, -0.05) is 0 Å². The van der Waals surface area contributed by atoms with Gasteiger partial charge in [-0.3, -0.25) is 19.8 Å². The van der Waals surface area contributed by atoms with Crippen molar-refractivity contribution in [3.05, 3.63) is 33.9 Å². The maximum atomic E-state index is 12.8. The first-order chi connectivity index (χ1) is 10.9. The minimum Gasteiger partial charge on any atom is -0.379 e. The molecule has 124 valence electrons. The van der Waals surface area contributed by atoms with Crippen LogP contribution >= 0.6 is 0 Å². The van der Waals surface area contributed by atoms with E-state index >= 15 is 0 Å². The second kappa shape index (κ2) is 5.90. The van der Waals surface area contributed by atoms with Crippen molar-refractivity contribution in [3.8, 4) is 0 Å². The van der Waals surface area contributed by atoms with Crippen LogP contribution in [0.3, 0.4) is 0 Å². The number of fused-ring (bicyclic) bond motifs is 1. The lowest BCUT2D eigenvalue weighted by atomic mass is 9.86. The smallest absolute Gasteiger partial charge is 0.269 e. The fourth-order valence-corrected chi connectivity index (χ4v) is 3.22. The van der Waals surface area contributed by atoms with Crippen molar-refractivity contribution in [3.63, 3.8) is 0 Å². The van der Waals surface area contributed by atoms with Gasteiger partial charge in [0.15, 0.2) is 0 Å². The van der Waals surface area contributed by atoms with Crippen LogP contribution in [0.4, 0.5) is 11.4 Å². The number of amides is 1. The average molecular weight is 319 g/mol. The van der Waals surface area contributed by atoms with Crippen LogP contribution in [0.1, 0.15) is 19.4 Å². The first kappa shape index (κ1) is 15.9. The number of morpholine rings is 1. The normalized spacial score (nSPS) is 20.6. The zero-order valence-corrected chi connectivity index (χ0v) is 13.4. The molecule has 0 saturated carbocycles. The minimum absolute atomic E-state index is 0.00116. The van der Waals surface area contributed by atoms with Crippen LogP contribution < -0.4 is 4.90 Å². The Balaban J connectivity index is 1.82. The summed E-state index contributed by atoms with van der Waals surface area (Å²) < 4.78 is 5.33. The molecule has 0 spiro atoms. The number of anilines is 1. The second-order valence-electron chi connectivity index (χ2n) is 6.49. The van der Waals surface area contributed by atoms with Crippen molar-refractivity contribution in [2.24, 2.45) is 0 Å². The highest BCUT2D eigenvalue weighted by Gasteiger charge is 2.44. The molecular weight excluding hydrogens is 298 g/mol. The standard InChI is InChI=1S/C16H21N3O4/c1-16(2)13-11-12(19(21)22)3-4-14(13)18(15(16)20)6-5-17-7-9-23-10-8-17/h3-4,11H,5-10H2,1-2H3. The molecule has 2 aliphatic heterocycles. The molecule has 1 aromatic carbocycles. The van der Waals surface area contributed by atoms with E-state index in [0.717, 1.165) is 44.1 Å². The highest BCUT2D eigenvalue weighted by atomic mass is 16.6. The Morgan fingerprint density at radius 3 is 2.61 bits per heavy atom. The lowest BCUT2D eigenvalue weighted by Crippen LogP contribution is -2.44. The first-order valence-corrected chi connectivity index (χ1v) is 7.82. The summed E-state index contributed by atoms with van der Waals surface area (Å²) in [6.45, 7) is 8.22. The van der Waals surface area contributed by atoms with E-state index in [1.54, 1.807) is 11.0 Å². The number of nitrogens with zero attached hydrogens (tertiary/aromatic N) is 3. The van der Waals surface area contributed by atoms with Crippen LogP contribution in [-0.2, 0) is 14.9 Å². The topological polar surface area (TPSA) is 75.9 Å². The van der Waals surface area contributed by atoms with E-state index in [4.69, 9.17) is 4.74 Å². The van der Waals surface area contributed by atoms with E-state index in [0.29, 0.717) is 6.54 Å². The van der Waals surface area contributed by atoms with Gasteiger partial charge in [-0.25, -0.2) is 0 Å². The molecule has 1 aromatic rings. The Hall–Kier alpha value is -1.99. The lowest BCUT2D eigenvalue weighted by Gasteiger charge is -2.29. The van der Waals surface area contributed by atoms with Gasteiger partial charge in [-0.15, -0.1) is 0 Å². The maximum Gasteiger partial charge on any atom is 0.269 e. The molecule has 0 radical (unpaired) electrons. The zero-order chi connectivity index (χ0) is 16.6. The molecule has 0 aromatic heterocycles. The number of benzene rings is 1. The summed E-state index contributed by atoms with van der Waals surface area (Å²) in [5.41, 5.74) is 0.823. The predicted molar refractivity (Wildman–Crippen MR) is 85.7 cm³/mol. The molecule has 0 unspecified atom stereocenters. The van der Waals surface area contributed by atoms with Gasteiger partial charge in [0.25, 0.3) is 5.69 Å². The van der Waals surface area contributed by atoms with E-state index in [-0.39, 0.29) is 11.6 Å². The molecule has 2 aliphatic rings. The lowest BCUT2D eigenvalue weighted by molar-refractivity contribution is -0.384. The second-order valence-corrected chi connectivity index (χ2v) is 6.49. The number of nitro groups is 1. The molecule has 7 nitrogen and oxygen atoms in total. The number of rotatable bonds is 4. The van der Waals surface area contributed by atoms with E-state index < -0.39 is 10.3 Å². The summed E-state index contributed by atoms with van der Waals surface area (Å²) in [4.78, 5) is 27.4. The van der Waals surface area contributed by atoms with Crippen molar-refractivity contribution in [2.45, 2.75) is 19.3 Å². The number of nitro benzene ring substituents is 1. The zero-order valence-electron chi connectivity index (χ0n) is 13.4. The van der Waals surface area contributed by atoms with Crippen LogP contribution in [0.5, 0.6) is 0 Å². The molecule has 1 amide bonds. The summed E-state index contributed by atoms with van der Waals surface area (Å²) in [6, 6.07) is 4.69. The van der Waals surface area contributed by atoms with Crippen molar-refractivity contribution < 1.29 is 14.5 Å². The van der Waals surface area contributed by atoms with Gasteiger partial charge in [0.1, 0.15) is 0 Å². The first-order valence-electron chi connectivity index (χ1n) is 7.82. The largest absolute Gasteiger partial charge is 0.379 e. The fourth-order valence-electron chi connectivity index (χ4n) is 3.22. The predicted octanol–water partition coefficient (Wildman–Crippen LogP) is 1.55. The number of carbonyl (C=O) groups excluding carboxylic acids is 1. The van der Waals surface area contributed by atoms with Gasteiger partial charge in [0.05, 0.1) is 23.6 Å². The number of hydrogen-bond donors (Lipinski definition) is 0. The average Bonchev–Trinajstić information content (AvgIpc) is 2.73. The third-order valence-corrected chi connectivity index (χ3v) is 4.68. The third kappa shape index (κ3) is 2.82.